The molecule has 0 aromatic heterocycles. The molecule has 6 nitrogen and oxygen atoms in total. The SMILES string of the molecule is CC1(C)CC(=O)C2=C(C1)N(CCc1ccccc1)C1=C(C(=O)CC(C)(C)C1)C2c1ccc(OCc2ccc(C(=O)O)cc2)cc1. The van der Waals surface area contributed by atoms with Crippen LogP contribution in [0.3, 0.4) is 0 Å². The van der Waals surface area contributed by atoms with Crippen LogP contribution in [-0.2, 0) is 22.6 Å². The van der Waals surface area contributed by atoms with E-state index in [9.17, 15) is 14.4 Å². The van der Waals surface area contributed by atoms with E-state index in [1.165, 1.54) is 5.56 Å². The number of aromatic carboxylic acids is 1. The molecule has 2 aliphatic carbocycles. The maximum Gasteiger partial charge on any atom is 0.335 e. The molecule has 0 saturated heterocycles. The predicted octanol–water partition coefficient (Wildman–Crippen LogP) is 7.89. The zero-order chi connectivity index (χ0) is 31.9. The lowest BCUT2D eigenvalue weighted by Gasteiger charge is -2.49. The van der Waals surface area contributed by atoms with Crippen molar-refractivity contribution in [3.05, 3.63) is 124 Å². The maximum atomic E-state index is 14.1. The first kappa shape index (κ1) is 30.6. The van der Waals surface area contributed by atoms with Gasteiger partial charge in [0.1, 0.15) is 12.4 Å². The molecule has 6 rings (SSSR count). The van der Waals surface area contributed by atoms with E-state index in [4.69, 9.17) is 9.84 Å². The second kappa shape index (κ2) is 11.8. The second-order valence-corrected chi connectivity index (χ2v) is 14.3. The van der Waals surface area contributed by atoms with Gasteiger partial charge in [0, 0.05) is 47.8 Å². The number of carboxylic acids is 1. The predicted molar refractivity (Wildman–Crippen MR) is 174 cm³/mol. The standard InChI is InChI=1S/C39H41NO5/c1-38(2)20-30-35(32(41)22-38)34(27-14-16-29(17-15-27)45-24-26-10-12-28(13-11-26)37(43)44)36-31(21-39(3,4)23-33(36)42)40(30)19-18-25-8-6-5-7-9-25/h5-17,34H,18-24H2,1-4H3,(H,43,44). The Balaban J connectivity index is 1.36. The molecule has 0 amide bonds. The molecule has 3 aliphatic rings. The summed E-state index contributed by atoms with van der Waals surface area (Å²) in [4.78, 5) is 41.6. The molecule has 0 radical (unpaired) electrons. The van der Waals surface area contributed by atoms with Gasteiger partial charge < -0.3 is 14.7 Å². The van der Waals surface area contributed by atoms with Crippen molar-refractivity contribution in [2.75, 3.05) is 6.54 Å². The zero-order valence-corrected chi connectivity index (χ0v) is 26.6. The lowest BCUT2D eigenvalue weighted by molar-refractivity contribution is -0.119. The fourth-order valence-corrected chi connectivity index (χ4v) is 7.20. The average molecular weight is 604 g/mol. The van der Waals surface area contributed by atoms with Gasteiger partial charge in [0.15, 0.2) is 11.6 Å². The van der Waals surface area contributed by atoms with Gasteiger partial charge in [-0.15, -0.1) is 0 Å². The van der Waals surface area contributed by atoms with E-state index in [1.807, 2.05) is 30.3 Å². The van der Waals surface area contributed by atoms with E-state index in [1.54, 1.807) is 24.3 Å². The van der Waals surface area contributed by atoms with E-state index < -0.39 is 11.9 Å². The van der Waals surface area contributed by atoms with E-state index in [2.05, 4.69) is 56.9 Å². The van der Waals surface area contributed by atoms with Crippen LogP contribution in [0.1, 0.15) is 86.3 Å². The Bertz CT molecular complexity index is 1640. The van der Waals surface area contributed by atoms with Crippen LogP contribution < -0.4 is 4.74 Å². The van der Waals surface area contributed by atoms with Gasteiger partial charge in [0.05, 0.1) is 5.56 Å². The number of benzene rings is 3. The Labute approximate surface area is 265 Å². The van der Waals surface area contributed by atoms with Crippen LogP contribution in [0.15, 0.2) is 101 Å². The highest BCUT2D eigenvalue weighted by molar-refractivity contribution is 6.06. The lowest BCUT2D eigenvalue weighted by Crippen LogP contribution is -2.45. The summed E-state index contributed by atoms with van der Waals surface area (Å²) in [5.41, 5.74) is 6.63. The fraction of sp³-hybridized carbons (Fsp3) is 0.359. The number of ketones is 2. The first-order chi connectivity index (χ1) is 21.4. The Morgan fingerprint density at radius 2 is 1.31 bits per heavy atom. The van der Waals surface area contributed by atoms with Crippen LogP contribution in [-0.4, -0.2) is 34.1 Å². The molecular weight excluding hydrogens is 562 g/mol. The number of Topliss-reactive ketones (excluding diaryl/α,β-unsaturated/α-hetero) is 2. The Kier molecular flexibility index (Phi) is 8.02. The summed E-state index contributed by atoms with van der Waals surface area (Å²) in [6, 6.07) is 24.8. The van der Waals surface area contributed by atoms with Crippen LogP contribution in [0.5, 0.6) is 5.75 Å². The lowest BCUT2D eigenvalue weighted by atomic mass is 9.63. The third-order valence-corrected chi connectivity index (χ3v) is 9.31. The van der Waals surface area contributed by atoms with Crippen LogP contribution >= 0.6 is 0 Å². The number of ether oxygens (including phenoxy) is 1. The maximum absolute atomic E-state index is 14.1. The first-order valence-electron chi connectivity index (χ1n) is 15.8. The number of carboxylic acid groups (broad SMARTS) is 1. The summed E-state index contributed by atoms with van der Waals surface area (Å²) in [5.74, 6) is -0.433. The largest absolute Gasteiger partial charge is 0.489 e. The second-order valence-electron chi connectivity index (χ2n) is 14.3. The molecule has 6 heteroatoms. The first-order valence-corrected chi connectivity index (χ1v) is 15.8. The fourth-order valence-electron chi connectivity index (χ4n) is 7.20. The number of allylic oxidation sites excluding steroid dienone is 4. The summed E-state index contributed by atoms with van der Waals surface area (Å²) < 4.78 is 6.02. The molecule has 0 spiro atoms. The van der Waals surface area contributed by atoms with Gasteiger partial charge in [0.2, 0.25) is 0 Å². The summed E-state index contributed by atoms with van der Waals surface area (Å²) in [7, 11) is 0. The molecular formula is C39H41NO5. The highest BCUT2D eigenvalue weighted by Crippen LogP contribution is 2.54. The van der Waals surface area contributed by atoms with Crippen LogP contribution in [0, 0.1) is 10.8 Å². The number of carbonyl (C=O) groups is 3. The molecule has 1 heterocycles. The van der Waals surface area contributed by atoms with E-state index >= 15 is 0 Å². The highest BCUT2D eigenvalue weighted by Gasteiger charge is 2.48. The summed E-state index contributed by atoms with van der Waals surface area (Å²) in [6.45, 7) is 9.69. The van der Waals surface area contributed by atoms with Gasteiger partial charge in [-0.1, -0.05) is 82.3 Å². The molecule has 45 heavy (non-hydrogen) atoms. The van der Waals surface area contributed by atoms with Gasteiger partial charge in [-0.3, -0.25) is 9.59 Å². The highest BCUT2D eigenvalue weighted by atomic mass is 16.5. The van der Waals surface area contributed by atoms with Crippen molar-refractivity contribution in [2.45, 2.75) is 72.3 Å². The summed E-state index contributed by atoms with van der Waals surface area (Å²) in [6.07, 6.45) is 3.31. The van der Waals surface area contributed by atoms with Crippen LogP contribution in [0.2, 0.25) is 0 Å². The molecule has 3 aromatic rings. The average Bonchev–Trinajstić information content (AvgIpc) is 2.98. The Hall–Kier alpha value is -4.45. The molecule has 0 unspecified atom stereocenters. The number of hydrogen-bond acceptors (Lipinski definition) is 5. The Morgan fingerprint density at radius 3 is 1.84 bits per heavy atom. The summed E-state index contributed by atoms with van der Waals surface area (Å²) >= 11 is 0. The quantitative estimate of drug-likeness (QED) is 0.282. The molecule has 0 fully saturated rings. The monoisotopic (exact) mass is 603 g/mol. The van der Waals surface area contributed by atoms with Gasteiger partial charge in [-0.2, -0.15) is 0 Å². The van der Waals surface area contributed by atoms with Crippen molar-refractivity contribution >= 4 is 17.5 Å². The molecule has 0 bridgehead atoms. The van der Waals surface area contributed by atoms with Gasteiger partial charge in [-0.25, -0.2) is 4.79 Å². The zero-order valence-electron chi connectivity index (χ0n) is 26.6. The third kappa shape index (κ3) is 6.37. The van der Waals surface area contributed by atoms with Crippen molar-refractivity contribution in [2.24, 2.45) is 10.8 Å². The molecule has 1 N–H and O–H groups in total. The number of carbonyl (C=O) groups excluding carboxylic acids is 2. The van der Waals surface area contributed by atoms with Crippen molar-refractivity contribution in [3.63, 3.8) is 0 Å². The normalized spacial score (nSPS) is 19.3. The third-order valence-electron chi connectivity index (χ3n) is 9.31. The smallest absolute Gasteiger partial charge is 0.335 e. The molecule has 0 saturated carbocycles. The van der Waals surface area contributed by atoms with E-state index in [-0.39, 0.29) is 28.0 Å². The number of nitrogens with zero attached hydrogens (tertiary/aromatic N) is 1. The molecule has 0 atom stereocenters. The number of hydrogen-bond donors (Lipinski definition) is 1. The van der Waals surface area contributed by atoms with Crippen molar-refractivity contribution in [1.29, 1.82) is 0 Å². The minimum absolute atomic E-state index is 0.130. The molecule has 1 aliphatic heterocycles. The minimum Gasteiger partial charge on any atom is -0.489 e. The van der Waals surface area contributed by atoms with Crippen molar-refractivity contribution in [1.82, 2.24) is 4.90 Å². The van der Waals surface area contributed by atoms with Crippen molar-refractivity contribution in [3.8, 4) is 5.75 Å². The van der Waals surface area contributed by atoms with Crippen LogP contribution in [0.4, 0.5) is 0 Å². The minimum atomic E-state index is -0.961. The van der Waals surface area contributed by atoms with Crippen LogP contribution in [0.25, 0.3) is 0 Å². The van der Waals surface area contributed by atoms with Gasteiger partial charge >= 0.3 is 5.97 Å². The van der Waals surface area contributed by atoms with E-state index in [0.29, 0.717) is 25.2 Å². The topological polar surface area (TPSA) is 83.9 Å². The van der Waals surface area contributed by atoms with Gasteiger partial charge in [0.25, 0.3) is 0 Å². The Morgan fingerprint density at radius 1 is 0.756 bits per heavy atom. The number of rotatable bonds is 8. The van der Waals surface area contributed by atoms with Crippen molar-refractivity contribution < 1.29 is 24.2 Å². The van der Waals surface area contributed by atoms with Gasteiger partial charge in [-0.05, 0) is 71.0 Å². The van der Waals surface area contributed by atoms with E-state index in [0.717, 1.165) is 59.5 Å². The summed E-state index contributed by atoms with van der Waals surface area (Å²) in [5, 5.41) is 9.15. The molecule has 3 aromatic carbocycles. The molecule has 232 valence electrons.